The summed E-state index contributed by atoms with van der Waals surface area (Å²) < 4.78 is 5.15. The van der Waals surface area contributed by atoms with Crippen LogP contribution in [0.1, 0.15) is 36.6 Å². The maximum atomic E-state index is 11.5. The molecule has 0 saturated carbocycles. The van der Waals surface area contributed by atoms with Crippen molar-refractivity contribution >= 4 is 5.91 Å². The first-order valence-electron chi connectivity index (χ1n) is 5.01. The summed E-state index contributed by atoms with van der Waals surface area (Å²) in [5, 5.41) is 12.3. The molecule has 2 N–H and O–H groups in total. The number of hydrogen-bond donors (Lipinski definition) is 2. The van der Waals surface area contributed by atoms with Crippen molar-refractivity contribution in [2.75, 3.05) is 6.54 Å². The van der Waals surface area contributed by atoms with Gasteiger partial charge >= 0.3 is 0 Å². The molecule has 1 heterocycles. The Morgan fingerprint density at radius 3 is 2.73 bits per heavy atom. The smallest absolute Gasteiger partial charge is 0.287 e. The summed E-state index contributed by atoms with van der Waals surface area (Å²) in [6.07, 6.45) is 0.588. The fraction of sp³-hybridized carbons (Fsp3) is 0.545. The molecule has 0 saturated heterocycles. The van der Waals surface area contributed by atoms with E-state index in [-0.39, 0.29) is 18.2 Å². The lowest BCUT2D eigenvalue weighted by atomic mass is 10.0. The summed E-state index contributed by atoms with van der Waals surface area (Å²) in [5.41, 5.74) is -0.864. The first-order chi connectivity index (χ1) is 6.94. The lowest BCUT2D eigenvalue weighted by Crippen LogP contribution is -2.39. The van der Waals surface area contributed by atoms with Gasteiger partial charge in [-0.2, -0.15) is 0 Å². The van der Waals surface area contributed by atoms with Crippen molar-refractivity contribution < 1.29 is 14.3 Å². The fourth-order valence-electron chi connectivity index (χ4n) is 1.04. The van der Waals surface area contributed by atoms with E-state index in [1.54, 1.807) is 26.0 Å². The molecule has 4 nitrogen and oxygen atoms in total. The Morgan fingerprint density at radius 2 is 2.27 bits per heavy atom. The molecular weight excluding hydrogens is 194 g/mol. The Hall–Kier alpha value is -1.29. The van der Waals surface area contributed by atoms with Gasteiger partial charge in [0.2, 0.25) is 0 Å². The Labute approximate surface area is 89.3 Å². The minimum Gasteiger partial charge on any atom is -0.456 e. The molecule has 0 aliphatic rings. The van der Waals surface area contributed by atoms with Gasteiger partial charge in [0.25, 0.3) is 5.91 Å². The normalized spacial score (nSPS) is 14.7. The number of carbonyl (C=O) groups is 1. The molecule has 1 aromatic heterocycles. The third kappa shape index (κ3) is 3.40. The van der Waals surface area contributed by atoms with Crippen molar-refractivity contribution in [3.8, 4) is 0 Å². The second kappa shape index (κ2) is 4.49. The molecule has 4 heteroatoms. The number of furan rings is 1. The zero-order valence-corrected chi connectivity index (χ0v) is 9.33. The van der Waals surface area contributed by atoms with E-state index < -0.39 is 5.60 Å². The summed E-state index contributed by atoms with van der Waals surface area (Å²) in [4.78, 5) is 11.5. The van der Waals surface area contributed by atoms with Gasteiger partial charge in [0, 0.05) is 6.54 Å². The topological polar surface area (TPSA) is 62.5 Å². The molecule has 1 unspecified atom stereocenters. The van der Waals surface area contributed by atoms with Crippen molar-refractivity contribution in [1.82, 2.24) is 5.32 Å². The number of nitrogens with one attached hydrogen (secondary N) is 1. The van der Waals surface area contributed by atoms with E-state index in [0.29, 0.717) is 12.2 Å². The minimum absolute atomic E-state index is 0.224. The van der Waals surface area contributed by atoms with Crippen LogP contribution in [0.4, 0.5) is 0 Å². The SMILES string of the molecule is CCC(C)(O)CNC(=O)c1ccc(C)o1. The zero-order valence-electron chi connectivity index (χ0n) is 9.33. The highest BCUT2D eigenvalue weighted by molar-refractivity contribution is 5.91. The average molecular weight is 211 g/mol. The standard InChI is InChI=1S/C11H17NO3/c1-4-11(3,14)7-12-10(13)9-6-5-8(2)15-9/h5-6,14H,4,7H2,1-3H3,(H,12,13). The van der Waals surface area contributed by atoms with E-state index in [1.165, 1.54) is 0 Å². The highest BCUT2D eigenvalue weighted by Crippen LogP contribution is 2.08. The second-order valence-electron chi connectivity index (χ2n) is 3.94. The summed E-state index contributed by atoms with van der Waals surface area (Å²) in [7, 11) is 0. The van der Waals surface area contributed by atoms with Crippen molar-refractivity contribution in [2.24, 2.45) is 0 Å². The van der Waals surface area contributed by atoms with Crippen molar-refractivity contribution in [2.45, 2.75) is 32.8 Å². The molecule has 0 radical (unpaired) electrons. The van der Waals surface area contributed by atoms with Crippen LogP contribution in [0, 0.1) is 6.92 Å². The van der Waals surface area contributed by atoms with Crippen molar-refractivity contribution in [3.05, 3.63) is 23.7 Å². The first-order valence-corrected chi connectivity index (χ1v) is 5.01. The summed E-state index contributed by atoms with van der Waals surface area (Å²) >= 11 is 0. The van der Waals surface area contributed by atoms with Crippen LogP contribution >= 0.6 is 0 Å². The van der Waals surface area contributed by atoms with Gasteiger partial charge in [-0.15, -0.1) is 0 Å². The van der Waals surface area contributed by atoms with Crippen LogP contribution in [0.5, 0.6) is 0 Å². The third-order valence-corrected chi connectivity index (χ3v) is 2.36. The third-order valence-electron chi connectivity index (χ3n) is 2.36. The number of aryl methyl sites for hydroxylation is 1. The lowest BCUT2D eigenvalue weighted by Gasteiger charge is -2.20. The van der Waals surface area contributed by atoms with Crippen molar-refractivity contribution in [3.63, 3.8) is 0 Å². The predicted molar refractivity (Wildman–Crippen MR) is 56.7 cm³/mol. The van der Waals surface area contributed by atoms with Crippen LogP contribution < -0.4 is 5.32 Å². The molecular formula is C11H17NO3. The largest absolute Gasteiger partial charge is 0.456 e. The minimum atomic E-state index is -0.864. The lowest BCUT2D eigenvalue weighted by molar-refractivity contribution is 0.0511. The molecule has 1 aromatic rings. The Bertz CT molecular complexity index is 341. The van der Waals surface area contributed by atoms with Crippen LogP contribution in [-0.2, 0) is 0 Å². The number of amides is 1. The van der Waals surface area contributed by atoms with E-state index in [9.17, 15) is 9.90 Å². The van der Waals surface area contributed by atoms with Gasteiger partial charge in [-0.25, -0.2) is 0 Å². The molecule has 0 aliphatic heterocycles. The monoisotopic (exact) mass is 211 g/mol. The van der Waals surface area contributed by atoms with E-state index in [0.717, 1.165) is 0 Å². The van der Waals surface area contributed by atoms with Gasteiger partial charge in [-0.1, -0.05) is 6.92 Å². The molecule has 1 rings (SSSR count). The molecule has 1 atom stereocenters. The number of aliphatic hydroxyl groups is 1. The molecule has 15 heavy (non-hydrogen) atoms. The van der Waals surface area contributed by atoms with Gasteiger partial charge in [-0.05, 0) is 32.4 Å². The summed E-state index contributed by atoms with van der Waals surface area (Å²) in [6, 6.07) is 3.35. The molecule has 0 aromatic carbocycles. The quantitative estimate of drug-likeness (QED) is 0.793. The predicted octanol–water partition coefficient (Wildman–Crippen LogP) is 1.48. The highest BCUT2D eigenvalue weighted by Gasteiger charge is 2.19. The maximum Gasteiger partial charge on any atom is 0.287 e. The van der Waals surface area contributed by atoms with E-state index >= 15 is 0 Å². The van der Waals surface area contributed by atoms with Crippen LogP contribution in [-0.4, -0.2) is 23.2 Å². The van der Waals surface area contributed by atoms with Gasteiger partial charge in [0.05, 0.1) is 5.60 Å². The van der Waals surface area contributed by atoms with Gasteiger partial charge in [-0.3, -0.25) is 4.79 Å². The zero-order chi connectivity index (χ0) is 11.5. The fourth-order valence-corrected chi connectivity index (χ4v) is 1.04. The van der Waals surface area contributed by atoms with Crippen LogP contribution in [0.3, 0.4) is 0 Å². The van der Waals surface area contributed by atoms with Gasteiger partial charge < -0.3 is 14.8 Å². The average Bonchev–Trinajstić information content (AvgIpc) is 2.61. The van der Waals surface area contributed by atoms with Crippen LogP contribution in [0.2, 0.25) is 0 Å². The van der Waals surface area contributed by atoms with Gasteiger partial charge in [0.1, 0.15) is 5.76 Å². The summed E-state index contributed by atoms with van der Waals surface area (Å²) in [5.74, 6) is 0.679. The Morgan fingerprint density at radius 1 is 1.60 bits per heavy atom. The molecule has 84 valence electrons. The maximum absolute atomic E-state index is 11.5. The Balaban J connectivity index is 2.50. The van der Waals surface area contributed by atoms with Crippen LogP contribution in [0.15, 0.2) is 16.5 Å². The van der Waals surface area contributed by atoms with Gasteiger partial charge in [0.15, 0.2) is 5.76 Å². The summed E-state index contributed by atoms with van der Waals surface area (Å²) in [6.45, 7) is 5.55. The number of rotatable bonds is 4. The molecule has 0 bridgehead atoms. The number of hydrogen-bond acceptors (Lipinski definition) is 3. The van der Waals surface area contributed by atoms with E-state index in [4.69, 9.17) is 4.42 Å². The number of carbonyl (C=O) groups excluding carboxylic acids is 1. The second-order valence-corrected chi connectivity index (χ2v) is 3.94. The van der Waals surface area contributed by atoms with Crippen LogP contribution in [0.25, 0.3) is 0 Å². The van der Waals surface area contributed by atoms with E-state index in [2.05, 4.69) is 5.32 Å². The highest BCUT2D eigenvalue weighted by atomic mass is 16.3. The molecule has 0 spiro atoms. The molecule has 1 amide bonds. The van der Waals surface area contributed by atoms with E-state index in [1.807, 2.05) is 6.92 Å². The molecule has 0 fully saturated rings. The first kappa shape index (κ1) is 11.8. The molecule has 0 aliphatic carbocycles. The van der Waals surface area contributed by atoms with Crippen molar-refractivity contribution in [1.29, 1.82) is 0 Å². The Kier molecular flexibility index (Phi) is 3.52.